The Balaban J connectivity index is 2.50. The fourth-order valence-corrected chi connectivity index (χ4v) is 3.27. The summed E-state index contributed by atoms with van der Waals surface area (Å²) in [5.41, 5.74) is -0.101. The molecule has 0 saturated heterocycles. The van der Waals surface area contributed by atoms with E-state index < -0.39 is 13.3 Å². The van der Waals surface area contributed by atoms with Crippen molar-refractivity contribution in [3.8, 4) is 17.2 Å². The molecule has 124 valence electrons. The molecule has 0 aliphatic rings. The van der Waals surface area contributed by atoms with Gasteiger partial charge in [-0.15, -0.1) is 0 Å². The van der Waals surface area contributed by atoms with Crippen LogP contribution in [0.15, 0.2) is 36.7 Å². The number of pyridine rings is 1. The molecule has 7 nitrogen and oxygen atoms in total. The molecule has 1 atom stereocenters. The number of nitrogens with zero attached hydrogens (tertiary/aromatic N) is 1. The second kappa shape index (κ2) is 7.00. The van der Waals surface area contributed by atoms with Crippen molar-refractivity contribution in [2.45, 2.75) is 12.1 Å². The van der Waals surface area contributed by atoms with Gasteiger partial charge in [0, 0.05) is 12.4 Å². The van der Waals surface area contributed by atoms with Crippen molar-refractivity contribution in [3.63, 3.8) is 0 Å². The van der Waals surface area contributed by atoms with Crippen LogP contribution in [0.3, 0.4) is 0 Å². The number of phenolic OH excluding ortho intramolecular Hbond substituents is 1. The van der Waals surface area contributed by atoms with Crippen LogP contribution in [-0.4, -0.2) is 34.1 Å². The maximum Gasteiger partial charge on any atom is 0.333 e. The number of aromatic hydroxyl groups is 1. The van der Waals surface area contributed by atoms with E-state index in [1.807, 2.05) is 0 Å². The Hall–Kier alpha value is -2.08. The summed E-state index contributed by atoms with van der Waals surface area (Å²) in [6, 6.07) is 6.24. The fraction of sp³-hybridized carbons (Fsp3) is 0.267. The number of ether oxygens (including phenoxy) is 2. The predicted octanol–water partition coefficient (Wildman–Crippen LogP) is 2.27. The largest absolute Gasteiger partial charge is 0.502 e. The highest BCUT2D eigenvalue weighted by Crippen LogP contribution is 2.55. The maximum atomic E-state index is 12.0. The van der Waals surface area contributed by atoms with Crippen LogP contribution in [0.2, 0.25) is 0 Å². The molecule has 0 spiro atoms. The standard InChI is InChI=1S/C15H18NO6P/c1-21-12-7-11(8-13(22-2)15(12)17)14(23(18,19)20)6-10-4-3-5-16-9-10/h3-5,7-9,14,17H,6H2,1-2H3,(H2,18,19,20). The summed E-state index contributed by atoms with van der Waals surface area (Å²) in [5.74, 6) is -0.0439. The molecule has 0 aliphatic heterocycles. The first kappa shape index (κ1) is 17.3. The van der Waals surface area contributed by atoms with Crippen molar-refractivity contribution in [2.24, 2.45) is 0 Å². The van der Waals surface area contributed by atoms with Crippen molar-refractivity contribution in [1.29, 1.82) is 0 Å². The van der Waals surface area contributed by atoms with E-state index in [4.69, 9.17) is 9.47 Å². The Bertz CT molecular complexity index is 690. The van der Waals surface area contributed by atoms with Gasteiger partial charge in [0.2, 0.25) is 5.75 Å². The van der Waals surface area contributed by atoms with E-state index in [-0.39, 0.29) is 23.7 Å². The lowest BCUT2D eigenvalue weighted by molar-refractivity contribution is 0.337. The van der Waals surface area contributed by atoms with E-state index in [0.717, 1.165) is 0 Å². The predicted molar refractivity (Wildman–Crippen MR) is 83.9 cm³/mol. The Kier molecular flexibility index (Phi) is 5.26. The van der Waals surface area contributed by atoms with Crippen LogP contribution in [-0.2, 0) is 11.0 Å². The zero-order valence-corrected chi connectivity index (χ0v) is 13.6. The Morgan fingerprint density at radius 1 is 1.22 bits per heavy atom. The molecule has 3 N–H and O–H groups in total. The molecule has 2 rings (SSSR count). The van der Waals surface area contributed by atoms with Gasteiger partial charge in [0.05, 0.1) is 19.9 Å². The zero-order chi connectivity index (χ0) is 17.0. The van der Waals surface area contributed by atoms with Gasteiger partial charge < -0.3 is 24.4 Å². The van der Waals surface area contributed by atoms with Crippen LogP contribution in [0.4, 0.5) is 0 Å². The summed E-state index contributed by atoms with van der Waals surface area (Å²) in [4.78, 5) is 23.4. The van der Waals surface area contributed by atoms with Crippen LogP contribution in [0.25, 0.3) is 0 Å². The normalized spacial score (nSPS) is 12.7. The average Bonchev–Trinajstić information content (AvgIpc) is 2.53. The van der Waals surface area contributed by atoms with Gasteiger partial charge in [-0.1, -0.05) is 6.07 Å². The highest BCUT2D eigenvalue weighted by Gasteiger charge is 2.32. The summed E-state index contributed by atoms with van der Waals surface area (Å²) in [7, 11) is -1.75. The Labute approximate surface area is 133 Å². The summed E-state index contributed by atoms with van der Waals surface area (Å²) in [6.45, 7) is 0. The molecule has 2 aromatic rings. The summed E-state index contributed by atoms with van der Waals surface area (Å²) in [6.07, 6.45) is 3.23. The van der Waals surface area contributed by atoms with Crippen molar-refractivity contribution >= 4 is 7.60 Å². The van der Waals surface area contributed by atoms with Gasteiger partial charge >= 0.3 is 7.60 Å². The third kappa shape index (κ3) is 4.01. The van der Waals surface area contributed by atoms with Gasteiger partial charge in [-0.2, -0.15) is 0 Å². The molecule has 1 heterocycles. The van der Waals surface area contributed by atoms with Crippen molar-refractivity contribution in [3.05, 3.63) is 47.8 Å². The summed E-state index contributed by atoms with van der Waals surface area (Å²) < 4.78 is 22.0. The molecule has 0 saturated carbocycles. The van der Waals surface area contributed by atoms with Gasteiger partial charge in [-0.25, -0.2) is 0 Å². The zero-order valence-electron chi connectivity index (χ0n) is 12.7. The van der Waals surface area contributed by atoms with Crippen LogP contribution >= 0.6 is 7.60 Å². The van der Waals surface area contributed by atoms with Gasteiger partial charge in [-0.05, 0) is 35.7 Å². The molecule has 0 bridgehead atoms. The first-order chi connectivity index (χ1) is 10.9. The highest BCUT2D eigenvalue weighted by molar-refractivity contribution is 7.52. The Morgan fingerprint density at radius 2 is 1.83 bits per heavy atom. The van der Waals surface area contributed by atoms with Crippen LogP contribution < -0.4 is 9.47 Å². The van der Waals surface area contributed by atoms with Gasteiger partial charge in [0.15, 0.2) is 11.5 Å². The Morgan fingerprint density at radius 3 is 2.26 bits per heavy atom. The third-order valence-corrected chi connectivity index (χ3v) is 4.74. The third-order valence-electron chi connectivity index (χ3n) is 3.44. The van der Waals surface area contributed by atoms with Crippen LogP contribution in [0.1, 0.15) is 16.8 Å². The lowest BCUT2D eigenvalue weighted by Gasteiger charge is -2.21. The minimum absolute atomic E-state index is 0.0870. The van der Waals surface area contributed by atoms with E-state index in [1.165, 1.54) is 26.4 Å². The first-order valence-electron chi connectivity index (χ1n) is 6.75. The van der Waals surface area contributed by atoms with Crippen molar-refractivity contribution < 1.29 is 28.9 Å². The van der Waals surface area contributed by atoms with Gasteiger partial charge in [-0.3, -0.25) is 9.55 Å². The first-order valence-corrected chi connectivity index (χ1v) is 8.44. The maximum absolute atomic E-state index is 12.0. The average molecular weight is 339 g/mol. The van der Waals surface area contributed by atoms with Crippen LogP contribution in [0.5, 0.6) is 17.2 Å². The van der Waals surface area contributed by atoms with E-state index in [2.05, 4.69) is 4.98 Å². The topological polar surface area (TPSA) is 109 Å². The summed E-state index contributed by atoms with van der Waals surface area (Å²) in [5, 5.41) is 9.93. The number of hydrogen-bond acceptors (Lipinski definition) is 5. The number of aromatic nitrogens is 1. The second-order valence-electron chi connectivity index (χ2n) is 4.94. The lowest BCUT2D eigenvalue weighted by Crippen LogP contribution is -2.05. The number of methoxy groups -OCH3 is 2. The number of phenols is 1. The molecule has 0 radical (unpaired) electrons. The molecule has 23 heavy (non-hydrogen) atoms. The SMILES string of the molecule is COc1cc(C(Cc2cccnc2)P(=O)(O)O)cc(OC)c1O. The van der Waals surface area contributed by atoms with Crippen LogP contribution in [0, 0.1) is 0 Å². The minimum atomic E-state index is -4.46. The summed E-state index contributed by atoms with van der Waals surface area (Å²) >= 11 is 0. The van der Waals surface area contributed by atoms with E-state index in [0.29, 0.717) is 11.1 Å². The number of hydrogen-bond donors (Lipinski definition) is 3. The highest BCUT2D eigenvalue weighted by atomic mass is 31.2. The van der Waals surface area contributed by atoms with Crippen molar-refractivity contribution in [1.82, 2.24) is 4.98 Å². The molecule has 1 aromatic carbocycles. The molecule has 0 amide bonds. The minimum Gasteiger partial charge on any atom is -0.502 e. The molecular formula is C15H18NO6P. The monoisotopic (exact) mass is 339 g/mol. The number of rotatable bonds is 6. The molecule has 8 heteroatoms. The lowest BCUT2D eigenvalue weighted by atomic mass is 10.0. The fourth-order valence-electron chi connectivity index (χ4n) is 2.28. The van der Waals surface area contributed by atoms with E-state index >= 15 is 0 Å². The van der Waals surface area contributed by atoms with E-state index in [9.17, 15) is 19.5 Å². The quantitative estimate of drug-likeness (QED) is 0.693. The van der Waals surface area contributed by atoms with Gasteiger partial charge in [0.1, 0.15) is 0 Å². The molecule has 0 aliphatic carbocycles. The molecule has 0 fully saturated rings. The van der Waals surface area contributed by atoms with Gasteiger partial charge in [0.25, 0.3) is 0 Å². The van der Waals surface area contributed by atoms with E-state index in [1.54, 1.807) is 24.5 Å². The second-order valence-corrected chi connectivity index (χ2v) is 6.75. The molecular weight excluding hydrogens is 321 g/mol. The van der Waals surface area contributed by atoms with Crippen molar-refractivity contribution in [2.75, 3.05) is 14.2 Å². The number of benzene rings is 1. The molecule has 1 unspecified atom stereocenters. The molecule has 1 aromatic heterocycles. The smallest absolute Gasteiger partial charge is 0.333 e.